The Labute approximate surface area is 93.6 Å². The summed E-state index contributed by atoms with van der Waals surface area (Å²) in [5, 5.41) is 2.26. The van der Waals surface area contributed by atoms with Crippen molar-refractivity contribution < 1.29 is 26.7 Å². The highest BCUT2D eigenvalue weighted by Gasteiger charge is 2.39. The van der Waals surface area contributed by atoms with Gasteiger partial charge in [-0.15, -0.1) is 0 Å². The van der Waals surface area contributed by atoms with Gasteiger partial charge in [-0.2, -0.15) is 18.2 Å². The van der Waals surface area contributed by atoms with Crippen molar-refractivity contribution in [1.82, 2.24) is 4.98 Å². The Morgan fingerprint density at radius 2 is 1.88 bits per heavy atom. The molecule has 0 bridgehead atoms. The number of aromatic nitrogens is 1. The number of hydrogen-bond donors (Lipinski definition) is 1. The van der Waals surface area contributed by atoms with Crippen LogP contribution in [-0.2, 0) is 0 Å². The number of nitrogens with one attached hydrogen (secondary N) is 1. The second kappa shape index (κ2) is 4.72. The zero-order valence-electron chi connectivity index (χ0n) is 8.90. The Morgan fingerprint density at radius 3 is 2.35 bits per heavy atom. The molecule has 0 aromatic carbocycles. The fourth-order valence-electron chi connectivity index (χ4n) is 0.942. The number of ether oxygens (including phenoxy) is 1. The lowest BCUT2D eigenvalue weighted by atomic mass is 10.4. The van der Waals surface area contributed by atoms with Gasteiger partial charge < -0.3 is 10.1 Å². The van der Waals surface area contributed by atoms with E-state index in [1.807, 2.05) is 0 Å². The number of alkyl halides is 3. The molecule has 8 heteroatoms. The first-order valence-electron chi connectivity index (χ1n) is 4.53. The van der Waals surface area contributed by atoms with Crippen LogP contribution in [0.5, 0.6) is 5.88 Å². The van der Waals surface area contributed by atoms with Crippen LogP contribution in [0.1, 0.15) is 6.92 Å². The normalized spacial score (nSPS) is 13.4. The molecule has 1 aromatic rings. The van der Waals surface area contributed by atoms with E-state index in [0.29, 0.717) is 13.0 Å². The maximum atomic E-state index is 13.1. The molecule has 0 radical (unpaired) electrons. The molecular weight excluding hydrogens is 247 g/mol. The van der Waals surface area contributed by atoms with E-state index in [1.165, 1.54) is 7.05 Å². The van der Waals surface area contributed by atoms with E-state index in [0.717, 1.165) is 0 Å². The third kappa shape index (κ3) is 3.18. The lowest BCUT2D eigenvalue weighted by Gasteiger charge is -2.17. The van der Waals surface area contributed by atoms with Gasteiger partial charge in [0.1, 0.15) is 0 Å². The van der Waals surface area contributed by atoms with Crippen molar-refractivity contribution in [2.75, 3.05) is 12.4 Å². The van der Waals surface area contributed by atoms with E-state index < -0.39 is 35.6 Å². The molecule has 96 valence electrons. The summed E-state index contributed by atoms with van der Waals surface area (Å²) in [7, 11) is 1.29. The molecule has 17 heavy (non-hydrogen) atoms. The molecule has 0 fully saturated rings. The lowest BCUT2D eigenvalue weighted by molar-refractivity contribution is -0.190. The summed E-state index contributed by atoms with van der Waals surface area (Å²) in [5.41, 5.74) is 0. The van der Waals surface area contributed by atoms with E-state index >= 15 is 0 Å². The number of pyridine rings is 1. The van der Waals surface area contributed by atoms with E-state index in [4.69, 9.17) is 0 Å². The Hall–Kier alpha value is -1.60. The highest BCUT2D eigenvalue weighted by atomic mass is 19.4. The van der Waals surface area contributed by atoms with Crippen LogP contribution in [0.25, 0.3) is 0 Å². The van der Waals surface area contributed by atoms with Crippen LogP contribution in [-0.4, -0.2) is 24.3 Å². The average molecular weight is 256 g/mol. The van der Waals surface area contributed by atoms with Crippen molar-refractivity contribution in [3.63, 3.8) is 0 Å². The van der Waals surface area contributed by atoms with Gasteiger partial charge in [0.05, 0.1) is 0 Å². The van der Waals surface area contributed by atoms with E-state index in [2.05, 4.69) is 15.0 Å². The third-order valence-corrected chi connectivity index (χ3v) is 1.88. The van der Waals surface area contributed by atoms with Crippen LogP contribution in [0.15, 0.2) is 6.07 Å². The van der Waals surface area contributed by atoms with Crippen LogP contribution in [0.3, 0.4) is 0 Å². The van der Waals surface area contributed by atoms with E-state index in [1.54, 1.807) is 0 Å². The van der Waals surface area contributed by atoms with Crippen LogP contribution in [0.2, 0.25) is 0 Å². The van der Waals surface area contributed by atoms with Gasteiger partial charge in [-0.05, 0) is 6.92 Å². The van der Waals surface area contributed by atoms with Gasteiger partial charge in [0, 0.05) is 13.1 Å². The fourth-order valence-corrected chi connectivity index (χ4v) is 0.942. The molecule has 0 aliphatic heterocycles. The molecule has 0 spiro atoms. The van der Waals surface area contributed by atoms with Gasteiger partial charge in [0.25, 0.3) is 5.88 Å². The fraction of sp³-hybridized carbons (Fsp3) is 0.444. The number of nitrogens with zero attached hydrogens (tertiary/aromatic N) is 1. The number of anilines is 1. The molecule has 1 N–H and O–H groups in total. The maximum absolute atomic E-state index is 13.1. The molecule has 0 aliphatic rings. The summed E-state index contributed by atoms with van der Waals surface area (Å²) in [6.07, 6.45) is -6.89. The Bertz CT molecular complexity index is 407. The van der Waals surface area contributed by atoms with Crippen molar-refractivity contribution >= 4 is 5.82 Å². The zero-order valence-corrected chi connectivity index (χ0v) is 8.90. The second-order valence-corrected chi connectivity index (χ2v) is 3.16. The largest absolute Gasteiger partial charge is 0.463 e. The Kier molecular flexibility index (Phi) is 3.74. The average Bonchev–Trinajstić information content (AvgIpc) is 2.20. The summed E-state index contributed by atoms with van der Waals surface area (Å²) in [6.45, 7) is 0.698. The molecule has 0 aliphatic carbocycles. The molecule has 1 aromatic heterocycles. The van der Waals surface area contributed by atoms with Gasteiger partial charge in [-0.3, -0.25) is 0 Å². The third-order valence-electron chi connectivity index (χ3n) is 1.88. The predicted molar refractivity (Wildman–Crippen MR) is 49.8 cm³/mol. The summed E-state index contributed by atoms with van der Waals surface area (Å²) < 4.78 is 66.8. The smallest absolute Gasteiger partial charge is 0.425 e. The van der Waals surface area contributed by atoms with E-state index in [-0.39, 0.29) is 0 Å². The minimum Gasteiger partial charge on any atom is -0.463 e. The molecule has 1 heterocycles. The van der Waals surface area contributed by atoms with Crippen molar-refractivity contribution in [3.8, 4) is 5.88 Å². The molecule has 0 saturated heterocycles. The van der Waals surface area contributed by atoms with Gasteiger partial charge in [0.15, 0.2) is 23.6 Å². The molecule has 1 unspecified atom stereocenters. The molecule has 0 amide bonds. The van der Waals surface area contributed by atoms with Crippen LogP contribution in [0, 0.1) is 11.6 Å². The van der Waals surface area contributed by atoms with Crippen molar-refractivity contribution in [1.29, 1.82) is 0 Å². The van der Waals surface area contributed by atoms with Gasteiger partial charge >= 0.3 is 6.18 Å². The van der Waals surface area contributed by atoms with Crippen LogP contribution in [0.4, 0.5) is 27.8 Å². The Balaban J connectivity index is 2.99. The van der Waals surface area contributed by atoms with Gasteiger partial charge in [0.2, 0.25) is 0 Å². The zero-order chi connectivity index (χ0) is 13.2. The first kappa shape index (κ1) is 13.5. The predicted octanol–water partition coefficient (Wildman–Crippen LogP) is 2.73. The molecular formula is C9H9F5N2O. The topological polar surface area (TPSA) is 34.2 Å². The summed E-state index contributed by atoms with van der Waals surface area (Å²) in [4.78, 5) is 3.26. The van der Waals surface area contributed by atoms with Crippen LogP contribution < -0.4 is 10.1 Å². The SMILES string of the molecule is CNc1nc(OC(C)C(F)(F)F)c(F)cc1F. The quantitative estimate of drug-likeness (QED) is 0.844. The lowest BCUT2D eigenvalue weighted by Crippen LogP contribution is -2.31. The van der Waals surface area contributed by atoms with Gasteiger partial charge in [-0.25, -0.2) is 8.78 Å². The number of hydrogen-bond acceptors (Lipinski definition) is 3. The second-order valence-electron chi connectivity index (χ2n) is 3.16. The van der Waals surface area contributed by atoms with Crippen LogP contribution >= 0.6 is 0 Å². The van der Waals surface area contributed by atoms with Crippen molar-refractivity contribution in [2.45, 2.75) is 19.2 Å². The maximum Gasteiger partial charge on any atom is 0.425 e. The molecule has 1 rings (SSSR count). The van der Waals surface area contributed by atoms with Crippen molar-refractivity contribution in [3.05, 3.63) is 17.7 Å². The summed E-state index contributed by atoms with van der Waals surface area (Å²) in [6, 6.07) is 0.400. The number of rotatable bonds is 3. The molecule has 0 saturated carbocycles. The number of halogens is 5. The minimum absolute atomic E-state index is 0.393. The standard InChI is InChI=1S/C9H9F5N2O/c1-4(9(12,13)14)17-8-6(11)3-5(10)7(15-2)16-8/h3-4H,1-2H3,(H,15,16). The highest BCUT2D eigenvalue weighted by Crippen LogP contribution is 2.27. The monoisotopic (exact) mass is 256 g/mol. The molecule has 3 nitrogen and oxygen atoms in total. The summed E-state index contributed by atoms with van der Waals surface area (Å²) in [5.74, 6) is -3.61. The molecule has 1 atom stereocenters. The first-order chi connectivity index (χ1) is 7.75. The van der Waals surface area contributed by atoms with Gasteiger partial charge in [-0.1, -0.05) is 0 Å². The first-order valence-corrected chi connectivity index (χ1v) is 4.53. The summed E-state index contributed by atoms with van der Waals surface area (Å²) >= 11 is 0. The minimum atomic E-state index is -4.65. The highest BCUT2D eigenvalue weighted by molar-refractivity contribution is 5.38. The van der Waals surface area contributed by atoms with Crippen molar-refractivity contribution in [2.24, 2.45) is 0 Å². The Morgan fingerprint density at radius 1 is 1.29 bits per heavy atom. The van der Waals surface area contributed by atoms with E-state index in [9.17, 15) is 22.0 Å².